The molecule has 2 aliphatic rings. The molecule has 1 heterocycles. The molecule has 0 bridgehead atoms. The number of carbonyl (C=O) groups is 1. The fourth-order valence-electron chi connectivity index (χ4n) is 3.00. The summed E-state index contributed by atoms with van der Waals surface area (Å²) in [5.41, 5.74) is 1.70. The van der Waals surface area contributed by atoms with E-state index in [1.165, 1.54) is 6.42 Å². The first-order chi connectivity index (χ1) is 8.70. The van der Waals surface area contributed by atoms with Gasteiger partial charge in [-0.25, -0.2) is 0 Å². The van der Waals surface area contributed by atoms with Crippen molar-refractivity contribution in [2.24, 2.45) is 5.41 Å². The summed E-state index contributed by atoms with van der Waals surface area (Å²) in [5.74, 6) is 0.191. The highest BCUT2D eigenvalue weighted by Gasteiger charge is 2.41. The Hall–Kier alpha value is -1.03. The van der Waals surface area contributed by atoms with E-state index >= 15 is 0 Å². The van der Waals surface area contributed by atoms with Gasteiger partial charge in [0.05, 0.1) is 16.8 Å². The zero-order valence-corrected chi connectivity index (χ0v) is 11.8. The quantitative estimate of drug-likeness (QED) is 0.766. The molecule has 96 valence electrons. The topological polar surface area (TPSA) is 41.1 Å². The molecule has 3 rings (SSSR count). The molecule has 1 spiro atoms. The van der Waals surface area contributed by atoms with Gasteiger partial charge in [0, 0.05) is 11.0 Å². The summed E-state index contributed by atoms with van der Waals surface area (Å²) in [5, 5.41) is 6.53. The molecule has 0 aromatic heterocycles. The molecule has 1 fully saturated rings. The molecule has 0 radical (unpaired) electrons. The number of amides is 1. The summed E-state index contributed by atoms with van der Waals surface area (Å²) in [7, 11) is 0. The molecular weight excluding hydrogens is 292 g/mol. The highest BCUT2D eigenvalue weighted by molar-refractivity contribution is 9.10. The van der Waals surface area contributed by atoms with Crippen molar-refractivity contribution in [2.45, 2.75) is 32.1 Å². The number of hydrogen-bond acceptors (Lipinski definition) is 2. The minimum atomic E-state index is -0.205. The van der Waals surface area contributed by atoms with Crippen molar-refractivity contribution in [1.82, 2.24) is 0 Å². The molecule has 1 aromatic carbocycles. The van der Waals surface area contributed by atoms with Gasteiger partial charge in [0.2, 0.25) is 5.91 Å². The first kappa shape index (κ1) is 12.0. The first-order valence-corrected chi connectivity index (χ1v) is 7.34. The van der Waals surface area contributed by atoms with Gasteiger partial charge in [0.1, 0.15) is 0 Å². The number of nitrogens with one attached hydrogen (secondary N) is 2. The van der Waals surface area contributed by atoms with Crippen molar-refractivity contribution in [3.63, 3.8) is 0 Å². The van der Waals surface area contributed by atoms with Crippen LogP contribution >= 0.6 is 15.9 Å². The Bertz CT molecular complexity index is 481. The average molecular weight is 309 g/mol. The zero-order chi connectivity index (χ0) is 12.6. The zero-order valence-electron chi connectivity index (χ0n) is 10.3. The van der Waals surface area contributed by atoms with Crippen LogP contribution in [0.5, 0.6) is 0 Å². The maximum absolute atomic E-state index is 12.5. The molecule has 2 N–H and O–H groups in total. The predicted molar refractivity (Wildman–Crippen MR) is 76.8 cm³/mol. The van der Waals surface area contributed by atoms with Gasteiger partial charge in [0.15, 0.2) is 0 Å². The van der Waals surface area contributed by atoms with Gasteiger partial charge < -0.3 is 10.6 Å². The third-order valence-electron chi connectivity index (χ3n) is 4.14. The first-order valence-electron chi connectivity index (χ1n) is 6.55. The Morgan fingerprint density at radius 3 is 2.67 bits per heavy atom. The van der Waals surface area contributed by atoms with E-state index in [-0.39, 0.29) is 11.3 Å². The Morgan fingerprint density at radius 2 is 1.89 bits per heavy atom. The molecule has 1 aliphatic carbocycles. The van der Waals surface area contributed by atoms with Crippen molar-refractivity contribution >= 4 is 33.2 Å². The summed E-state index contributed by atoms with van der Waals surface area (Å²) in [6.45, 7) is 0.752. The number of carbonyl (C=O) groups excluding carboxylic acids is 1. The molecule has 1 amide bonds. The molecule has 0 saturated heterocycles. The van der Waals surface area contributed by atoms with E-state index in [1.54, 1.807) is 0 Å². The molecule has 0 atom stereocenters. The fraction of sp³-hybridized carbons (Fsp3) is 0.500. The second kappa shape index (κ2) is 4.57. The van der Waals surface area contributed by atoms with E-state index in [2.05, 4.69) is 26.6 Å². The van der Waals surface area contributed by atoms with Crippen molar-refractivity contribution in [3.8, 4) is 0 Å². The maximum Gasteiger partial charge on any atom is 0.232 e. The van der Waals surface area contributed by atoms with Crippen LogP contribution in [0, 0.1) is 5.41 Å². The van der Waals surface area contributed by atoms with Gasteiger partial charge in [-0.05, 0) is 31.0 Å². The molecule has 4 heteroatoms. The summed E-state index contributed by atoms with van der Waals surface area (Å²) >= 11 is 3.47. The van der Waals surface area contributed by atoms with Crippen LogP contribution in [-0.4, -0.2) is 12.5 Å². The van der Waals surface area contributed by atoms with Crippen molar-refractivity contribution in [1.29, 1.82) is 0 Å². The van der Waals surface area contributed by atoms with E-state index < -0.39 is 0 Å². The molecule has 0 unspecified atom stereocenters. The van der Waals surface area contributed by atoms with E-state index in [0.717, 1.165) is 48.1 Å². The van der Waals surface area contributed by atoms with Crippen LogP contribution < -0.4 is 10.6 Å². The third kappa shape index (κ3) is 2.03. The monoisotopic (exact) mass is 308 g/mol. The number of rotatable bonds is 0. The summed E-state index contributed by atoms with van der Waals surface area (Å²) in [6.07, 6.45) is 5.58. The lowest BCUT2D eigenvalue weighted by molar-refractivity contribution is -0.126. The number of hydrogen-bond donors (Lipinski definition) is 2. The van der Waals surface area contributed by atoms with E-state index in [0.29, 0.717) is 0 Å². The van der Waals surface area contributed by atoms with Gasteiger partial charge >= 0.3 is 0 Å². The number of halogens is 1. The molecule has 1 aromatic rings. The summed E-state index contributed by atoms with van der Waals surface area (Å²) in [4.78, 5) is 12.5. The van der Waals surface area contributed by atoms with Crippen LogP contribution in [0.1, 0.15) is 32.1 Å². The Morgan fingerprint density at radius 1 is 1.11 bits per heavy atom. The average Bonchev–Trinajstić information content (AvgIpc) is 2.51. The Balaban J connectivity index is 1.92. The predicted octanol–water partition coefficient (Wildman–Crippen LogP) is 3.76. The number of benzene rings is 1. The number of fused-ring (bicyclic) bond motifs is 1. The summed E-state index contributed by atoms with van der Waals surface area (Å²) in [6, 6.07) is 5.93. The molecule has 18 heavy (non-hydrogen) atoms. The maximum atomic E-state index is 12.5. The van der Waals surface area contributed by atoms with Crippen LogP contribution in [0.2, 0.25) is 0 Å². The van der Waals surface area contributed by atoms with Crippen LogP contribution in [0.4, 0.5) is 11.4 Å². The van der Waals surface area contributed by atoms with E-state index in [9.17, 15) is 4.79 Å². The Labute approximate surface area is 115 Å². The molecule has 3 nitrogen and oxygen atoms in total. The standard InChI is InChI=1S/C14H17BrN2O/c15-10-4-5-11-12(8-10)16-9-14(13(18)17-11)6-2-1-3-7-14/h4-5,8,16H,1-3,6-7,9H2,(H,17,18). The molecular formula is C14H17BrN2O. The Kier molecular flexibility index (Phi) is 3.06. The van der Waals surface area contributed by atoms with Gasteiger partial charge in [0.25, 0.3) is 0 Å². The van der Waals surface area contributed by atoms with Crippen molar-refractivity contribution in [3.05, 3.63) is 22.7 Å². The third-order valence-corrected chi connectivity index (χ3v) is 4.63. The summed E-state index contributed by atoms with van der Waals surface area (Å²) < 4.78 is 1.03. The van der Waals surface area contributed by atoms with E-state index in [4.69, 9.17) is 0 Å². The fourth-order valence-corrected chi connectivity index (χ4v) is 3.36. The minimum absolute atomic E-state index is 0.191. The van der Waals surface area contributed by atoms with Gasteiger partial charge in [-0.3, -0.25) is 4.79 Å². The van der Waals surface area contributed by atoms with Crippen LogP contribution in [0.3, 0.4) is 0 Å². The minimum Gasteiger partial charge on any atom is -0.382 e. The van der Waals surface area contributed by atoms with Crippen molar-refractivity contribution in [2.75, 3.05) is 17.2 Å². The van der Waals surface area contributed by atoms with Crippen LogP contribution in [0.15, 0.2) is 22.7 Å². The van der Waals surface area contributed by atoms with Gasteiger partial charge in [-0.1, -0.05) is 35.2 Å². The smallest absolute Gasteiger partial charge is 0.232 e. The van der Waals surface area contributed by atoms with Crippen LogP contribution in [-0.2, 0) is 4.79 Å². The lowest BCUT2D eigenvalue weighted by atomic mass is 9.73. The number of anilines is 2. The lowest BCUT2D eigenvalue weighted by Crippen LogP contribution is -2.41. The molecule has 1 saturated carbocycles. The lowest BCUT2D eigenvalue weighted by Gasteiger charge is -2.34. The highest BCUT2D eigenvalue weighted by Crippen LogP contribution is 2.41. The SMILES string of the molecule is O=C1Nc2ccc(Br)cc2NCC12CCCCC2. The normalized spacial score (nSPS) is 21.7. The second-order valence-corrected chi connectivity index (χ2v) is 6.25. The highest BCUT2D eigenvalue weighted by atomic mass is 79.9. The van der Waals surface area contributed by atoms with E-state index in [1.807, 2.05) is 18.2 Å². The van der Waals surface area contributed by atoms with Gasteiger partial charge in [-0.15, -0.1) is 0 Å². The van der Waals surface area contributed by atoms with Gasteiger partial charge in [-0.2, -0.15) is 0 Å². The van der Waals surface area contributed by atoms with Crippen LogP contribution in [0.25, 0.3) is 0 Å². The largest absolute Gasteiger partial charge is 0.382 e. The van der Waals surface area contributed by atoms with Crippen molar-refractivity contribution < 1.29 is 4.79 Å². The second-order valence-electron chi connectivity index (χ2n) is 5.34. The molecule has 1 aliphatic heterocycles.